The smallest absolute Gasteiger partial charge is 0.371 e. The van der Waals surface area contributed by atoms with Gasteiger partial charge >= 0.3 is 12.4 Å². The van der Waals surface area contributed by atoms with Crippen LogP contribution in [0.3, 0.4) is 0 Å². The van der Waals surface area contributed by atoms with E-state index >= 15 is 0 Å². The van der Waals surface area contributed by atoms with Crippen molar-refractivity contribution < 1.29 is 26.3 Å². The van der Waals surface area contributed by atoms with Gasteiger partial charge in [0.2, 0.25) is 0 Å². The van der Waals surface area contributed by atoms with Gasteiger partial charge in [-0.1, -0.05) is 24.0 Å². The number of aryl methyl sites for hydroxylation is 2. The van der Waals surface area contributed by atoms with Crippen LogP contribution in [0.2, 0.25) is 0 Å². The van der Waals surface area contributed by atoms with Crippen LogP contribution < -0.4 is 9.80 Å². The van der Waals surface area contributed by atoms with Crippen molar-refractivity contribution >= 4 is 11.6 Å². The molecule has 0 saturated heterocycles. The number of nitrogens with one attached hydrogen (secondary N) is 1. The van der Waals surface area contributed by atoms with Crippen molar-refractivity contribution in [3.8, 4) is 0 Å². The molecule has 1 aliphatic heterocycles. The number of nitrogens with zero attached hydrogens (tertiary/aromatic N) is 5. The summed E-state index contributed by atoms with van der Waals surface area (Å²) >= 11 is 0. The first kappa shape index (κ1) is 27.8. The third-order valence-electron chi connectivity index (χ3n) is 8.77. The molecule has 12 heteroatoms. The van der Waals surface area contributed by atoms with Crippen LogP contribution in [-0.4, -0.2) is 33.7 Å². The third kappa shape index (κ3) is 5.88. The highest BCUT2D eigenvalue weighted by Crippen LogP contribution is 2.43. The van der Waals surface area contributed by atoms with E-state index in [2.05, 4.69) is 37.7 Å². The Bertz CT molecular complexity index is 1330. The summed E-state index contributed by atoms with van der Waals surface area (Å²) in [5.41, 5.74) is 1.91. The molecule has 6 rings (SSSR count). The number of hydrogen-bond donors (Lipinski definition) is 1. The fourth-order valence-corrected chi connectivity index (χ4v) is 6.85. The van der Waals surface area contributed by atoms with E-state index in [1.54, 1.807) is 4.90 Å². The number of halogens is 6. The molecule has 220 valence electrons. The minimum Gasteiger partial charge on any atom is -0.371 e. The number of H-pyrrole nitrogens is 1. The second-order valence-electron chi connectivity index (χ2n) is 11.5. The largest absolute Gasteiger partial charge is 0.416 e. The second kappa shape index (κ2) is 10.8. The monoisotopic (exact) mass is 578 g/mol. The van der Waals surface area contributed by atoms with Crippen LogP contribution in [0.4, 0.5) is 38.0 Å². The number of rotatable bonds is 6. The maximum atomic E-state index is 13.7. The highest BCUT2D eigenvalue weighted by Gasteiger charge is 2.38. The van der Waals surface area contributed by atoms with Crippen molar-refractivity contribution in [2.75, 3.05) is 22.9 Å². The Morgan fingerprint density at radius 1 is 0.829 bits per heavy atom. The van der Waals surface area contributed by atoms with Crippen molar-refractivity contribution in [3.05, 3.63) is 63.7 Å². The molecule has 3 aliphatic rings. The Morgan fingerprint density at radius 2 is 1.51 bits per heavy atom. The van der Waals surface area contributed by atoms with Crippen LogP contribution in [0, 0.1) is 5.92 Å². The molecule has 1 N–H and O–H groups in total. The van der Waals surface area contributed by atoms with Gasteiger partial charge in [-0.2, -0.15) is 31.6 Å². The zero-order valence-electron chi connectivity index (χ0n) is 22.5. The lowest BCUT2D eigenvalue weighted by Crippen LogP contribution is -2.31. The second-order valence-corrected chi connectivity index (χ2v) is 11.5. The van der Waals surface area contributed by atoms with Gasteiger partial charge in [0.15, 0.2) is 0 Å². The van der Waals surface area contributed by atoms with Crippen LogP contribution in [-0.2, 0) is 31.7 Å². The molecule has 2 heterocycles. The Morgan fingerprint density at radius 3 is 2.15 bits per heavy atom. The Balaban J connectivity index is 1.43. The van der Waals surface area contributed by atoms with Gasteiger partial charge < -0.3 is 9.80 Å². The molecule has 0 amide bonds. The molecular formula is C29H32F6N6. The van der Waals surface area contributed by atoms with Crippen molar-refractivity contribution in [2.45, 2.75) is 82.7 Å². The van der Waals surface area contributed by atoms with E-state index in [0.29, 0.717) is 12.3 Å². The molecule has 0 bridgehead atoms. The predicted octanol–water partition coefficient (Wildman–Crippen LogP) is 7.26. The lowest BCUT2D eigenvalue weighted by Gasteiger charge is -2.33. The number of tetrazole rings is 1. The van der Waals surface area contributed by atoms with Gasteiger partial charge in [0.05, 0.1) is 17.2 Å². The first-order valence-electron chi connectivity index (χ1n) is 14.3. The number of alkyl halides is 6. The minimum atomic E-state index is -4.93. The highest BCUT2D eigenvalue weighted by atomic mass is 19.4. The topological polar surface area (TPSA) is 60.9 Å². The number of benzene rings is 2. The average molecular weight is 579 g/mol. The zero-order valence-corrected chi connectivity index (χ0v) is 22.5. The maximum Gasteiger partial charge on any atom is 0.416 e. The molecule has 6 nitrogen and oxygen atoms in total. The molecule has 1 aromatic heterocycles. The summed E-state index contributed by atoms with van der Waals surface area (Å²) in [4.78, 5) is 4.16. The summed E-state index contributed by atoms with van der Waals surface area (Å²) in [6.45, 7) is 1.54. The predicted molar refractivity (Wildman–Crippen MR) is 141 cm³/mol. The van der Waals surface area contributed by atoms with E-state index in [1.807, 2.05) is 0 Å². The number of aromatic amines is 1. The van der Waals surface area contributed by atoms with Crippen molar-refractivity contribution in [2.24, 2.45) is 5.92 Å². The van der Waals surface area contributed by atoms with Crippen LogP contribution in [0.15, 0.2) is 30.3 Å². The van der Waals surface area contributed by atoms with Crippen LogP contribution in [0.25, 0.3) is 0 Å². The quantitative estimate of drug-likeness (QED) is 0.312. The molecule has 2 aliphatic carbocycles. The fraction of sp³-hybridized carbons (Fsp3) is 0.552. The van der Waals surface area contributed by atoms with Gasteiger partial charge in [0.1, 0.15) is 0 Å². The lowest BCUT2D eigenvalue weighted by molar-refractivity contribution is -0.143. The third-order valence-corrected chi connectivity index (χ3v) is 8.77. The summed E-state index contributed by atoms with van der Waals surface area (Å²) in [6, 6.07) is 5.85. The molecule has 3 aromatic rings. The number of aromatic nitrogens is 4. The first-order valence-corrected chi connectivity index (χ1v) is 14.3. The molecule has 41 heavy (non-hydrogen) atoms. The van der Waals surface area contributed by atoms with Crippen molar-refractivity contribution in [1.29, 1.82) is 0 Å². The van der Waals surface area contributed by atoms with Gasteiger partial charge in [-0.3, -0.25) is 0 Å². The summed E-state index contributed by atoms with van der Waals surface area (Å²) in [7, 11) is 0. The van der Waals surface area contributed by atoms with Gasteiger partial charge in [-0.25, -0.2) is 0 Å². The molecule has 2 aromatic carbocycles. The fourth-order valence-electron chi connectivity index (χ4n) is 6.85. The van der Waals surface area contributed by atoms with Crippen molar-refractivity contribution in [1.82, 2.24) is 20.6 Å². The average Bonchev–Trinajstić information content (AvgIpc) is 3.69. The molecule has 1 atom stereocenters. The molecule has 1 unspecified atom stereocenters. The van der Waals surface area contributed by atoms with E-state index in [9.17, 15) is 26.3 Å². The Hall–Kier alpha value is -3.31. The molecule has 1 saturated carbocycles. The van der Waals surface area contributed by atoms with E-state index in [4.69, 9.17) is 0 Å². The maximum absolute atomic E-state index is 13.7. The molecular weight excluding hydrogens is 546 g/mol. The van der Waals surface area contributed by atoms with E-state index in [0.717, 1.165) is 62.2 Å². The van der Waals surface area contributed by atoms with Crippen LogP contribution in [0.1, 0.15) is 84.4 Å². The van der Waals surface area contributed by atoms with Crippen LogP contribution in [0.5, 0.6) is 0 Å². The summed E-state index contributed by atoms with van der Waals surface area (Å²) in [5.74, 6) is 0.753. The van der Waals surface area contributed by atoms with E-state index < -0.39 is 23.5 Å². The number of anilines is 2. The van der Waals surface area contributed by atoms with Crippen LogP contribution >= 0.6 is 0 Å². The van der Waals surface area contributed by atoms with Gasteiger partial charge in [0.25, 0.3) is 5.95 Å². The van der Waals surface area contributed by atoms with Gasteiger partial charge in [-0.15, -0.1) is 5.10 Å². The highest BCUT2D eigenvalue weighted by molar-refractivity contribution is 5.62. The normalized spacial score (nSPS) is 19.8. The van der Waals surface area contributed by atoms with Crippen molar-refractivity contribution in [3.63, 3.8) is 0 Å². The molecule has 0 spiro atoms. The first-order chi connectivity index (χ1) is 19.6. The summed E-state index contributed by atoms with van der Waals surface area (Å²) in [6.07, 6.45) is -0.517. The lowest BCUT2D eigenvalue weighted by atomic mass is 9.94. The van der Waals surface area contributed by atoms with E-state index in [1.165, 1.54) is 36.8 Å². The van der Waals surface area contributed by atoms with Gasteiger partial charge in [0, 0.05) is 25.3 Å². The minimum absolute atomic E-state index is 0.119. The Kier molecular flexibility index (Phi) is 7.35. The number of fused-ring (bicyclic) bond motifs is 2. The van der Waals surface area contributed by atoms with E-state index in [-0.39, 0.29) is 30.2 Å². The summed E-state index contributed by atoms with van der Waals surface area (Å²) in [5, 5.41) is 14.3. The zero-order chi connectivity index (χ0) is 28.8. The number of hydrogen-bond acceptors (Lipinski definition) is 5. The SMILES string of the molecule is FC(F)(F)c1cc(CN(c2nn[nH]n2)C2CCCN(CC3CCCC3)c3cc4c(cc32)CCC4)cc(C(F)(F)F)c1. The summed E-state index contributed by atoms with van der Waals surface area (Å²) < 4.78 is 82.0. The molecule has 0 radical (unpaired) electrons. The van der Waals surface area contributed by atoms with Gasteiger partial charge in [-0.05, 0) is 103 Å². The standard InChI is InChI=1S/C29H32F6N6/c30-28(31,32)22-11-19(12-23(15-22)29(33,34)35)17-41(27-36-38-39-37-27)25-9-4-10-40(16-18-5-1-2-6-18)26-14-21-8-3-7-20(21)13-24(25)26/h11-15,18,25H,1-10,16-17H2,(H,36,37,38,39). The Labute approximate surface area is 234 Å². The molecule has 1 fully saturated rings.